The molecule has 0 radical (unpaired) electrons. The van der Waals surface area contributed by atoms with Gasteiger partial charge in [0.25, 0.3) is 0 Å². The largest absolute Gasteiger partial charge is 0.489 e. The minimum Gasteiger partial charge on any atom is -0.489 e. The van der Waals surface area contributed by atoms with Crippen molar-refractivity contribution >= 4 is 33.6 Å². The van der Waals surface area contributed by atoms with Crippen LogP contribution in [0.1, 0.15) is 28.4 Å². The molecule has 4 aromatic rings. The smallest absolute Gasteiger partial charge is 0.410 e. The number of likely N-dealkylation sites (tertiary alicyclic amines) is 1. The van der Waals surface area contributed by atoms with Gasteiger partial charge in [0.2, 0.25) is 0 Å². The van der Waals surface area contributed by atoms with Gasteiger partial charge in [0.15, 0.2) is 11.1 Å². The molecule has 0 aromatic heterocycles. The lowest BCUT2D eigenvalue weighted by atomic mass is 9.97. The topological polar surface area (TPSA) is 102 Å². The number of fused-ring (bicyclic) bond motifs is 1. The summed E-state index contributed by atoms with van der Waals surface area (Å²) >= 11 is -2.22. The van der Waals surface area contributed by atoms with Gasteiger partial charge in [0.1, 0.15) is 23.7 Å². The minimum atomic E-state index is -2.22. The Hall–Kier alpha value is -3.88. The first-order valence-corrected chi connectivity index (χ1v) is 13.3. The number of benzene rings is 4. The molecule has 1 heterocycles. The van der Waals surface area contributed by atoms with Crippen LogP contribution in [0.3, 0.4) is 0 Å². The molecule has 4 aromatic carbocycles. The van der Waals surface area contributed by atoms with Crippen LogP contribution in [-0.2, 0) is 22.4 Å². The first-order chi connectivity index (χ1) is 18.0. The molecule has 0 spiro atoms. The fraction of sp³-hybridized carbons (Fsp3) is 0.207. The summed E-state index contributed by atoms with van der Waals surface area (Å²) in [5, 5.41) is 1.03. The number of nitrogens with two attached hydrogens (primary N) is 1. The van der Waals surface area contributed by atoms with Crippen molar-refractivity contribution in [3.63, 3.8) is 0 Å². The fourth-order valence-electron chi connectivity index (χ4n) is 4.71. The number of carbonyl (C=O) groups excluding carboxylic acids is 1. The fourth-order valence-corrected chi connectivity index (χ4v) is 5.55. The van der Waals surface area contributed by atoms with Crippen molar-refractivity contribution in [2.45, 2.75) is 24.4 Å². The summed E-state index contributed by atoms with van der Waals surface area (Å²) in [6.07, 6.45) is 0.0507. The highest BCUT2D eigenvalue weighted by molar-refractivity contribution is 7.79. The highest BCUT2D eigenvalue weighted by Gasteiger charge is 2.30. The molecule has 8 heteroatoms. The van der Waals surface area contributed by atoms with E-state index in [2.05, 4.69) is 0 Å². The zero-order chi connectivity index (χ0) is 25.8. The van der Waals surface area contributed by atoms with Gasteiger partial charge in [-0.05, 0) is 40.1 Å². The van der Waals surface area contributed by atoms with Crippen molar-refractivity contribution in [3.8, 4) is 5.75 Å². The van der Waals surface area contributed by atoms with Gasteiger partial charge in [-0.1, -0.05) is 72.8 Å². The number of nitrogen functional groups attached to an aromatic ring is 1. The highest BCUT2D eigenvalue weighted by Crippen LogP contribution is 2.37. The third-order valence-corrected chi connectivity index (χ3v) is 7.47. The molecular formula is C29H28N2O5S. The summed E-state index contributed by atoms with van der Waals surface area (Å²) in [6, 6.07) is 28.1. The Labute approximate surface area is 218 Å². The van der Waals surface area contributed by atoms with Gasteiger partial charge in [-0.2, -0.15) is 0 Å². The highest BCUT2D eigenvalue weighted by atomic mass is 32.2. The Morgan fingerprint density at radius 3 is 2.57 bits per heavy atom. The zero-order valence-corrected chi connectivity index (χ0v) is 21.0. The number of anilines is 1. The van der Waals surface area contributed by atoms with E-state index in [1.807, 2.05) is 72.8 Å². The van der Waals surface area contributed by atoms with Crippen molar-refractivity contribution in [2.24, 2.45) is 0 Å². The van der Waals surface area contributed by atoms with Crippen LogP contribution in [0.15, 0.2) is 91.0 Å². The van der Waals surface area contributed by atoms with Gasteiger partial charge in [-0.25, -0.2) is 9.00 Å². The molecule has 0 saturated carbocycles. The second-order valence-corrected chi connectivity index (χ2v) is 10.1. The zero-order valence-electron chi connectivity index (χ0n) is 20.2. The molecule has 37 heavy (non-hydrogen) atoms. The van der Waals surface area contributed by atoms with E-state index in [-0.39, 0.29) is 18.8 Å². The van der Waals surface area contributed by atoms with Crippen molar-refractivity contribution < 1.29 is 23.0 Å². The number of ether oxygens (including phenoxy) is 2. The maximum absolute atomic E-state index is 12.6. The summed E-state index contributed by atoms with van der Waals surface area (Å²) in [5.74, 6) is 0.532. The Morgan fingerprint density at radius 1 is 1.00 bits per heavy atom. The molecule has 7 nitrogen and oxygen atoms in total. The Bertz CT molecular complexity index is 1420. The predicted molar refractivity (Wildman–Crippen MR) is 145 cm³/mol. The number of nitrogens with zero attached hydrogens (tertiary/aromatic N) is 1. The molecule has 1 saturated heterocycles. The standard InChI is InChI=1S/C29H28N2O5S/c30-27-14-13-22(36-23-15-16-31(18-23)29(32)35-19-20-7-2-1-3-8-20)17-26(27)28(37(33)34)25-12-6-10-21-9-4-5-11-24(21)25/h1-14,17,23,28H,15-16,18-19,30H2,(H,33,34). The van der Waals surface area contributed by atoms with E-state index in [9.17, 15) is 13.6 Å². The maximum Gasteiger partial charge on any atom is 0.410 e. The Morgan fingerprint density at radius 2 is 1.76 bits per heavy atom. The number of carbonyl (C=O) groups is 1. The summed E-state index contributed by atoms with van der Waals surface area (Å²) in [4.78, 5) is 14.1. The summed E-state index contributed by atoms with van der Waals surface area (Å²) in [5.41, 5.74) is 8.87. The predicted octanol–water partition coefficient (Wildman–Crippen LogP) is 5.52. The monoisotopic (exact) mass is 516 g/mol. The lowest BCUT2D eigenvalue weighted by Crippen LogP contribution is -2.31. The van der Waals surface area contributed by atoms with Crippen LogP contribution in [0.25, 0.3) is 10.8 Å². The summed E-state index contributed by atoms with van der Waals surface area (Å²) in [7, 11) is 0. The van der Waals surface area contributed by atoms with Crippen LogP contribution in [-0.4, -0.2) is 38.9 Å². The first kappa shape index (κ1) is 24.8. The molecular weight excluding hydrogens is 488 g/mol. The van der Waals surface area contributed by atoms with Crippen molar-refractivity contribution in [2.75, 3.05) is 18.8 Å². The second-order valence-electron chi connectivity index (χ2n) is 9.03. The molecule has 3 unspecified atom stereocenters. The van der Waals surface area contributed by atoms with E-state index < -0.39 is 16.3 Å². The number of amides is 1. The molecule has 1 aliphatic heterocycles. The van der Waals surface area contributed by atoms with Crippen LogP contribution >= 0.6 is 0 Å². The molecule has 1 fully saturated rings. The lowest BCUT2D eigenvalue weighted by molar-refractivity contribution is 0.0991. The van der Waals surface area contributed by atoms with Gasteiger partial charge in [0, 0.05) is 24.2 Å². The van der Waals surface area contributed by atoms with Crippen LogP contribution in [0.4, 0.5) is 10.5 Å². The normalized spacial score (nSPS) is 16.9. The third kappa shape index (κ3) is 5.60. The van der Waals surface area contributed by atoms with E-state index >= 15 is 0 Å². The van der Waals surface area contributed by atoms with E-state index in [0.29, 0.717) is 36.5 Å². The average Bonchev–Trinajstić information content (AvgIpc) is 3.38. The quantitative estimate of drug-likeness (QED) is 0.248. The molecule has 1 aliphatic rings. The Balaban J connectivity index is 1.31. The van der Waals surface area contributed by atoms with E-state index in [0.717, 1.165) is 21.9 Å². The van der Waals surface area contributed by atoms with Gasteiger partial charge >= 0.3 is 6.09 Å². The van der Waals surface area contributed by atoms with E-state index in [1.165, 1.54) is 0 Å². The molecule has 0 aliphatic carbocycles. The van der Waals surface area contributed by atoms with Gasteiger partial charge in [0.05, 0.1) is 6.54 Å². The van der Waals surface area contributed by atoms with Gasteiger partial charge < -0.3 is 24.7 Å². The average molecular weight is 517 g/mol. The van der Waals surface area contributed by atoms with Gasteiger partial charge in [-0.3, -0.25) is 0 Å². The van der Waals surface area contributed by atoms with E-state index in [1.54, 1.807) is 23.1 Å². The van der Waals surface area contributed by atoms with Crippen LogP contribution in [0.2, 0.25) is 0 Å². The molecule has 1 amide bonds. The lowest BCUT2D eigenvalue weighted by Gasteiger charge is -2.21. The first-order valence-electron chi connectivity index (χ1n) is 12.1. The van der Waals surface area contributed by atoms with Gasteiger partial charge in [-0.15, -0.1) is 0 Å². The summed E-state index contributed by atoms with van der Waals surface area (Å²) in [6.45, 7) is 1.14. The molecule has 3 N–H and O–H groups in total. The van der Waals surface area contributed by atoms with Crippen LogP contribution < -0.4 is 10.5 Å². The van der Waals surface area contributed by atoms with E-state index in [4.69, 9.17) is 15.2 Å². The second kappa shape index (κ2) is 11.0. The molecule has 5 rings (SSSR count). The Kier molecular flexibility index (Phi) is 7.39. The summed E-state index contributed by atoms with van der Waals surface area (Å²) < 4.78 is 34.5. The van der Waals surface area contributed by atoms with Crippen LogP contribution in [0.5, 0.6) is 5.75 Å². The number of hydrogen-bond acceptors (Lipinski definition) is 5. The van der Waals surface area contributed by atoms with Crippen molar-refractivity contribution in [1.82, 2.24) is 4.90 Å². The number of hydrogen-bond donors (Lipinski definition) is 2. The maximum atomic E-state index is 12.6. The van der Waals surface area contributed by atoms with Crippen LogP contribution in [0, 0.1) is 0 Å². The minimum absolute atomic E-state index is 0.219. The SMILES string of the molecule is Nc1ccc(OC2CCN(C(=O)OCc3ccccc3)C2)cc1C(c1cccc2ccccc12)S(=O)O. The van der Waals surface area contributed by atoms with Crippen molar-refractivity contribution in [1.29, 1.82) is 0 Å². The molecule has 190 valence electrons. The molecule has 0 bridgehead atoms. The number of rotatable bonds is 7. The third-order valence-electron chi connectivity index (χ3n) is 6.56. The molecule has 3 atom stereocenters. The van der Waals surface area contributed by atoms with Crippen molar-refractivity contribution in [3.05, 3.63) is 108 Å².